The molecule has 0 aliphatic carbocycles. The third kappa shape index (κ3) is 6.03. The van der Waals surface area contributed by atoms with Gasteiger partial charge in [0.05, 0.1) is 0 Å². The summed E-state index contributed by atoms with van der Waals surface area (Å²) in [5.74, 6) is 0.150. The van der Waals surface area contributed by atoms with Crippen LogP contribution in [-0.4, -0.2) is 43.7 Å². The van der Waals surface area contributed by atoms with Crippen LogP contribution in [-0.2, 0) is 4.79 Å². The van der Waals surface area contributed by atoms with Crippen LogP contribution in [0.25, 0.3) is 0 Å². The summed E-state index contributed by atoms with van der Waals surface area (Å²) >= 11 is 0. The second kappa shape index (κ2) is 6.97. The van der Waals surface area contributed by atoms with Crippen LogP contribution in [0.15, 0.2) is 0 Å². The quantitative estimate of drug-likeness (QED) is 0.711. The Morgan fingerprint density at radius 3 is 2.71 bits per heavy atom. The van der Waals surface area contributed by atoms with E-state index in [4.69, 9.17) is 0 Å². The van der Waals surface area contributed by atoms with Gasteiger partial charge in [-0.1, -0.05) is 20.8 Å². The topological polar surface area (TPSA) is 44.4 Å². The Morgan fingerprint density at radius 2 is 2.12 bits per heavy atom. The predicted molar refractivity (Wildman–Crippen MR) is 70.8 cm³/mol. The molecule has 0 radical (unpaired) electrons. The van der Waals surface area contributed by atoms with E-state index in [1.54, 1.807) is 0 Å². The Hall–Kier alpha value is -0.610. The largest absolute Gasteiger partial charge is 0.356 e. The van der Waals surface area contributed by atoms with E-state index in [-0.39, 0.29) is 11.3 Å². The molecule has 1 amide bonds. The maximum Gasteiger partial charge on any atom is 0.225 e. The van der Waals surface area contributed by atoms with E-state index in [9.17, 15) is 4.79 Å². The van der Waals surface area contributed by atoms with Crippen molar-refractivity contribution >= 4 is 5.91 Å². The molecule has 1 aliphatic heterocycles. The fraction of sp³-hybridized carbons (Fsp3) is 0.923. The number of hydrogen-bond acceptors (Lipinski definition) is 3. The molecule has 0 aromatic heterocycles. The van der Waals surface area contributed by atoms with Crippen molar-refractivity contribution in [3.63, 3.8) is 0 Å². The molecule has 1 heterocycles. The van der Waals surface area contributed by atoms with E-state index in [1.165, 1.54) is 13.0 Å². The van der Waals surface area contributed by atoms with Crippen LogP contribution in [0.3, 0.4) is 0 Å². The zero-order valence-electron chi connectivity index (χ0n) is 11.5. The molecule has 0 atom stereocenters. The monoisotopic (exact) mass is 241 g/mol. The highest BCUT2D eigenvalue weighted by Gasteiger charge is 2.20. The molecule has 0 spiro atoms. The lowest BCUT2D eigenvalue weighted by molar-refractivity contribution is -0.128. The molecule has 1 saturated heterocycles. The van der Waals surface area contributed by atoms with Crippen LogP contribution in [0.2, 0.25) is 0 Å². The molecule has 17 heavy (non-hydrogen) atoms. The standard InChI is InChI=1S/C13H27N3O/c1-13(2,3)12(17)15-8-4-5-9-16-10-6-7-14-11-16/h14H,4-11H2,1-3H3,(H,15,17). The summed E-state index contributed by atoms with van der Waals surface area (Å²) < 4.78 is 0. The number of rotatable bonds is 5. The van der Waals surface area contributed by atoms with Gasteiger partial charge in [0.1, 0.15) is 0 Å². The smallest absolute Gasteiger partial charge is 0.225 e. The first-order chi connectivity index (χ1) is 8.00. The average Bonchev–Trinajstić information content (AvgIpc) is 2.28. The fourth-order valence-electron chi connectivity index (χ4n) is 1.86. The minimum atomic E-state index is -0.267. The van der Waals surface area contributed by atoms with Crippen molar-refractivity contribution in [1.29, 1.82) is 0 Å². The molecule has 1 rings (SSSR count). The van der Waals surface area contributed by atoms with E-state index in [0.29, 0.717) is 0 Å². The third-order valence-corrected chi connectivity index (χ3v) is 3.03. The van der Waals surface area contributed by atoms with Gasteiger partial charge in [-0.2, -0.15) is 0 Å². The molecule has 4 nitrogen and oxygen atoms in total. The molecule has 100 valence electrons. The minimum absolute atomic E-state index is 0.150. The third-order valence-electron chi connectivity index (χ3n) is 3.03. The fourth-order valence-corrected chi connectivity index (χ4v) is 1.86. The summed E-state index contributed by atoms with van der Waals surface area (Å²) in [5, 5.41) is 6.36. The Morgan fingerprint density at radius 1 is 1.35 bits per heavy atom. The maximum absolute atomic E-state index is 11.6. The number of unbranched alkanes of at least 4 members (excludes halogenated alkanes) is 1. The van der Waals surface area contributed by atoms with Crippen molar-refractivity contribution in [2.45, 2.75) is 40.0 Å². The van der Waals surface area contributed by atoms with Gasteiger partial charge in [0.25, 0.3) is 0 Å². The Labute approximate surface area is 105 Å². The maximum atomic E-state index is 11.6. The SMILES string of the molecule is CC(C)(C)C(=O)NCCCCN1CCCNC1. The molecule has 1 aliphatic rings. The van der Waals surface area contributed by atoms with Gasteiger partial charge >= 0.3 is 0 Å². The zero-order chi connectivity index (χ0) is 12.7. The first-order valence-electron chi connectivity index (χ1n) is 6.71. The zero-order valence-corrected chi connectivity index (χ0v) is 11.5. The van der Waals surface area contributed by atoms with Gasteiger partial charge in [-0.25, -0.2) is 0 Å². The summed E-state index contributed by atoms with van der Waals surface area (Å²) in [6, 6.07) is 0. The highest BCUT2D eigenvalue weighted by Crippen LogP contribution is 2.12. The van der Waals surface area contributed by atoms with E-state index in [0.717, 1.165) is 39.1 Å². The molecule has 2 N–H and O–H groups in total. The Balaban J connectivity index is 1.99. The van der Waals surface area contributed by atoms with Crippen LogP contribution in [0.4, 0.5) is 0 Å². The van der Waals surface area contributed by atoms with E-state index < -0.39 is 0 Å². The van der Waals surface area contributed by atoms with E-state index in [1.807, 2.05) is 20.8 Å². The van der Waals surface area contributed by atoms with Gasteiger partial charge in [-0.15, -0.1) is 0 Å². The van der Waals surface area contributed by atoms with E-state index in [2.05, 4.69) is 15.5 Å². The first kappa shape index (κ1) is 14.5. The first-order valence-corrected chi connectivity index (χ1v) is 6.71. The molecule has 0 bridgehead atoms. The second-order valence-corrected chi connectivity index (χ2v) is 5.84. The van der Waals surface area contributed by atoms with Crippen molar-refractivity contribution in [1.82, 2.24) is 15.5 Å². The van der Waals surface area contributed by atoms with Gasteiger partial charge in [0.2, 0.25) is 5.91 Å². The lowest BCUT2D eigenvalue weighted by Crippen LogP contribution is -2.42. The Kier molecular flexibility index (Phi) is 5.92. The van der Waals surface area contributed by atoms with Crippen molar-refractivity contribution < 1.29 is 4.79 Å². The second-order valence-electron chi connectivity index (χ2n) is 5.84. The van der Waals surface area contributed by atoms with E-state index >= 15 is 0 Å². The lowest BCUT2D eigenvalue weighted by atomic mass is 9.96. The molecular weight excluding hydrogens is 214 g/mol. The van der Waals surface area contributed by atoms with Crippen LogP contribution in [0.1, 0.15) is 40.0 Å². The number of nitrogens with one attached hydrogen (secondary N) is 2. The van der Waals surface area contributed by atoms with Gasteiger partial charge < -0.3 is 10.6 Å². The van der Waals surface area contributed by atoms with Crippen LogP contribution >= 0.6 is 0 Å². The molecule has 0 unspecified atom stereocenters. The van der Waals surface area contributed by atoms with Gasteiger partial charge in [0, 0.05) is 25.2 Å². The number of amides is 1. The summed E-state index contributed by atoms with van der Waals surface area (Å²) in [6.07, 6.45) is 3.48. The summed E-state index contributed by atoms with van der Waals surface area (Å²) in [7, 11) is 0. The molecule has 0 saturated carbocycles. The van der Waals surface area contributed by atoms with Crippen LogP contribution < -0.4 is 10.6 Å². The molecular formula is C13H27N3O. The van der Waals surface area contributed by atoms with Crippen molar-refractivity contribution in [3.05, 3.63) is 0 Å². The molecule has 0 aromatic rings. The predicted octanol–water partition coefficient (Wildman–Crippen LogP) is 1.18. The van der Waals surface area contributed by atoms with Crippen molar-refractivity contribution in [2.75, 3.05) is 32.8 Å². The summed E-state index contributed by atoms with van der Waals surface area (Å²) in [4.78, 5) is 14.0. The normalized spacial score (nSPS) is 18.1. The lowest BCUT2D eigenvalue weighted by Gasteiger charge is -2.27. The molecule has 1 fully saturated rings. The number of carbonyl (C=O) groups excluding carboxylic acids is 1. The minimum Gasteiger partial charge on any atom is -0.356 e. The summed E-state index contributed by atoms with van der Waals surface area (Å²) in [6.45, 7) is 11.2. The van der Waals surface area contributed by atoms with Gasteiger partial charge in [-0.05, 0) is 32.4 Å². The van der Waals surface area contributed by atoms with Crippen LogP contribution in [0, 0.1) is 5.41 Å². The Bertz CT molecular complexity index is 229. The van der Waals surface area contributed by atoms with Crippen molar-refractivity contribution in [2.24, 2.45) is 5.41 Å². The molecule has 0 aromatic carbocycles. The number of hydrogen-bond donors (Lipinski definition) is 2. The highest BCUT2D eigenvalue weighted by atomic mass is 16.2. The van der Waals surface area contributed by atoms with Gasteiger partial charge in [-0.3, -0.25) is 9.69 Å². The summed E-state index contributed by atoms with van der Waals surface area (Å²) in [5.41, 5.74) is -0.267. The average molecular weight is 241 g/mol. The van der Waals surface area contributed by atoms with Gasteiger partial charge in [0.15, 0.2) is 0 Å². The molecule has 4 heteroatoms. The highest BCUT2D eigenvalue weighted by molar-refractivity contribution is 5.81. The number of carbonyl (C=O) groups is 1. The van der Waals surface area contributed by atoms with Crippen LogP contribution in [0.5, 0.6) is 0 Å². The van der Waals surface area contributed by atoms with Crippen molar-refractivity contribution in [3.8, 4) is 0 Å². The number of nitrogens with zero attached hydrogens (tertiary/aromatic N) is 1.